The fourth-order valence-electron chi connectivity index (χ4n) is 8.32. The van der Waals surface area contributed by atoms with E-state index in [-0.39, 0.29) is 31.1 Å². The zero-order valence-electron chi connectivity index (χ0n) is 44.0. The Balaban J connectivity index is 4.12. The molecule has 0 bridgehead atoms. The molecule has 6 heteroatoms. The summed E-state index contributed by atoms with van der Waals surface area (Å²) in [4.78, 5) is 37.9. The molecule has 0 aliphatic heterocycles. The van der Waals surface area contributed by atoms with Gasteiger partial charge in [-0.25, -0.2) is 0 Å². The molecule has 0 radical (unpaired) electrons. The highest BCUT2D eigenvalue weighted by Gasteiger charge is 2.19. The lowest BCUT2D eigenvalue weighted by Crippen LogP contribution is -2.30. The van der Waals surface area contributed by atoms with Crippen LogP contribution >= 0.6 is 0 Å². The molecule has 1 atom stereocenters. The summed E-state index contributed by atoms with van der Waals surface area (Å²) < 4.78 is 16.8. The number of ether oxygens (including phenoxy) is 3. The summed E-state index contributed by atoms with van der Waals surface area (Å²) in [6.07, 6.45) is 67.1. The minimum atomic E-state index is -0.775. The van der Waals surface area contributed by atoms with Gasteiger partial charge in [-0.1, -0.05) is 268 Å². The van der Waals surface area contributed by atoms with E-state index in [0.29, 0.717) is 19.3 Å². The molecule has 0 saturated carbocycles. The van der Waals surface area contributed by atoms with Crippen molar-refractivity contribution in [3.05, 3.63) is 48.6 Å². The van der Waals surface area contributed by atoms with Gasteiger partial charge >= 0.3 is 17.9 Å². The first-order valence-electron chi connectivity index (χ1n) is 28.6. The summed E-state index contributed by atoms with van der Waals surface area (Å²) in [5.41, 5.74) is 0. The van der Waals surface area contributed by atoms with Crippen molar-refractivity contribution in [2.75, 3.05) is 13.2 Å². The van der Waals surface area contributed by atoms with Crippen LogP contribution < -0.4 is 0 Å². The molecule has 0 spiro atoms. The number of hydrogen-bond acceptors (Lipinski definition) is 6. The van der Waals surface area contributed by atoms with Crippen LogP contribution in [0.3, 0.4) is 0 Å². The molecule has 0 heterocycles. The molecule has 384 valence electrons. The van der Waals surface area contributed by atoms with E-state index in [1.807, 2.05) is 0 Å². The van der Waals surface area contributed by atoms with Crippen LogP contribution in [0.2, 0.25) is 0 Å². The average molecular weight is 926 g/mol. The first kappa shape index (κ1) is 63.4. The van der Waals surface area contributed by atoms with Crippen molar-refractivity contribution in [3.63, 3.8) is 0 Å². The molecule has 0 aromatic carbocycles. The Hall–Kier alpha value is -2.63. The number of rotatable bonds is 52. The zero-order chi connectivity index (χ0) is 47.9. The van der Waals surface area contributed by atoms with Gasteiger partial charge in [0.15, 0.2) is 6.10 Å². The lowest BCUT2D eigenvalue weighted by molar-refractivity contribution is -0.167. The summed E-state index contributed by atoms with van der Waals surface area (Å²) in [6.45, 7) is 6.49. The van der Waals surface area contributed by atoms with E-state index in [2.05, 4.69) is 69.4 Å². The molecular formula is C60H108O6. The molecule has 1 unspecified atom stereocenters. The summed E-state index contributed by atoms with van der Waals surface area (Å²) in [5.74, 6) is -0.887. The second-order valence-electron chi connectivity index (χ2n) is 19.2. The highest BCUT2D eigenvalue weighted by Crippen LogP contribution is 2.17. The van der Waals surface area contributed by atoms with Crippen LogP contribution in [0.5, 0.6) is 0 Å². The monoisotopic (exact) mass is 925 g/mol. The van der Waals surface area contributed by atoms with Gasteiger partial charge in [0.1, 0.15) is 13.2 Å². The highest BCUT2D eigenvalue weighted by molar-refractivity contribution is 5.71. The molecule has 0 N–H and O–H groups in total. The molecule has 0 amide bonds. The van der Waals surface area contributed by atoms with E-state index < -0.39 is 6.10 Å². The van der Waals surface area contributed by atoms with E-state index in [9.17, 15) is 14.4 Å². The van der Waals surface area contributed by atoms with Gasteiger partial charge in [0.05, 0.1) is 0 Å². The molecule has 0 fully saturated rings. The third-order valence-corrected chi connectivity index (χ3v) is 12.6. The minimum absolute atomic E-state index is 0.0759. The minimum Gasteiger partial charge on any atom is -0.462 e. The number of esters is 3. The van der Waals surface area contributed by atoms with E-state index in [4.69, 9.17) is 14.2 Å². The number of unbranched alkanes of at least 4 members (excludes halogenated alkanes) is 33. The maximum absolute atomic E-state index is 12.8. The maximum Gasteiger partial charge on any atom is 0.306 e. The van der Waals surface area contributed by atoms with Crippen molar-refractivity contribution in [1.29, 1.82) is 0 Å². The van der Waals surface area contributed by atoms with Crippen LogP contribution in [0, 0.1) is 0 Å². The Labute approximate surface area is 409 Å². The summed E-state index contributed by atoms with van der Waals surface area (Å²) in [7, 11) is 0. The molecule has 0 saturated heterocycles. The van der Waals surface area contributed by atoms with Crippen LogP contribution in [-0.4, -0.2) is 37.2 Å². The van der Waals surface area contributed by atoms with Crippen molar-refractivity contribution in [1.82, 2.24) is 0 Å². The van der Waals surface area contributed by atoms with Crippen LogP contribution in [0.1, 0.15) is 297 Å². The molecule has 6 nitrogen and oxygen atoms in total. The normalized spacial score (nSPS) is 12.3. The van der Waals surface area contributed by atoms with Crippen molar-refractivity contribution in [3.8, 4) is 0 Å². The van der Waals surface area contributed by atoms with Gasteiger partial charge in [-0.3, -0.25) is 14.4 Å². The molecule has 0 aromatic heterocycles. The summed E-state index contributed by atoms with van der Waals surface area (Å²) >= 11 is 0. The van der Waals surface area contributed by atoms with Gasteiger partial charge in [-0.05, 0) is 57.8 Å². The van der Waals surface area contributed by atoms with E-state index in [1.54, 1.807) is 0 Å². The largest absolute Gasteiger partial charge is 0.462 e. The summed E-state index contributed by atoms with van der Waals surface area (Å²) in [5, 5.41) is 0. The highest BCUT2D eigenvalue weighted by atomic mass is 16.6. The Morgan fingerprint density at radius 1 is 0.318 bits per heavy atom. The van der Waals surface area contributed by atoms with Crippen molar-refractivity contribution in [2.24, 2.45) is 0 Å². The predicted octanol–water partition coefficient (Wildman–Crippen LogP) is 19.0. The van der Waals surface area contributed by atoms with Crippen LogP contribution in [0.15, 0.2) is 48.6 Å². The third-order valence-electron chi connectivity index (χ3n) is 12.6. The van der Waals surface area contributed by atoms with Gasteiger partial charge in [0.2, 0.25) is 0 Å². The number of hydrogen-bond donors (Lipinski definition) is 0. The van der Waals surface area contributed by atoms with Gasteiger partial charge in [-0.15, -0.1) is 0 Å². The predicted molar refractivity (Wildman–Crippen MR) is 284 cm³/mol. The standard InChI is InChI=1S/C60H108O6/c1-4-7-10-13-16-18-20-22-24-26-28-29-30-31-33-34-36-38-40-42-44-47-50-53-59(62)65-56-57(55-64-58(61)52-49-46-15-12-9-6-3)66-60(63)54-51-48-45-43-41-39-37-35-32-27-25-23-21-19-17-14-11-8-5-2/h8,11,17,19,23,25,32,35,57H,4-7,9-10,12-16,18,20-22,24,26-31,33-34,36-56H2,1-3H3/b11-8-,19-17-,25-23-,35-32-. The second kappa shape index (κ2) is 55.0. The second-order valence-corrected chi connectivity index (χ2v) is 19.2. The Bertz CT molecular complexity index is 1150. The molecule has 0 aliphatic carbocycles. The number of carbonyl (C=O) groups is 3. The van der Waals surface area contributed by atoms with Crippen LogP contribution in [0.25, 0.3) is 0 Å². The fourth-order valence-corrected chi connectivity index (χ4v) is 8.32. The lowest BCUT2D eigenvalue weighted by atomic mass is 10.0. The molecule has 0 aliphatic rings. The Morgan fingerprint density at radius 3 is 0.924 bits per heavy atom. The van der Waals surface area contributed by atoms with E-state index in [0.717, 1.165) is 96.3 Å². The number of carbonyl (C=O) groups excluding carboxylic acids is 3. The molecule has 0 rings (SSSR count). The zero-order valence-corrected chi connectivity index (χ0v) is 44.0. The van der Waals surface area contributed by atoms with Gasteiger partial charge in [0.25, 0.3) is 0 Å². The maximum atomic E-state index is 12.8. The van der Waals surface area contributed by atoms with E-state index in [1.165, 1.54) is 161 Å². The lowest BCUT2D eigenvalue weighted by Gasteiger charge is -2.18. The van der Waals surface area contributed by atoms with Crippen molar-refractivity contribution >= 4 is 17.9 Å². The van der Waals surface area contributed by atoms with E-state index >= 15 is 0 Å². The van der Waals surface area contributed by atoms with Crippen LogP contribution in [0.4, 0.5) is 0 Å². The van der Waals surface area contributed by atoms with Gasteiger partial charge in [-0.2, -0.15) is 0 Å². The fraction of sp³-hybridized carbons (Fsp3) is 0.817. The first-order chi connectivity index (χ1) is 32.5. The van der Waals surface area contributed by atoms with Crippen molar-refractivity contribution in [2.45, 2.75) is 303 Å². The quantitative estimate of drug-likeness (QED) is 0.0262. The van der Waals surface area contributed by atoms with Crippen molar-refractivity contribution < 1.29 is 28.6 Å². The Kier molecular flexibility index (Phi) is 52.8. The first-order valence-corrected chi connectivity index (χ1v) is 28.6. The number of allylic oxidation sites excluding steroid dienone is 8. The van der Waals surface area contributed by atoms with Gasteiger partial charge in [0, 0.05) is 19.3 Å². The van der Waals surface area contributed by atoms with Crippen LogP contribution in [-0.2, 0) is 28.6 Å². The Morgan fingerprint density at radius 2 is 0.591 bits per heavy atom. The smallest absolute Gasteiger partial charge is 0.306 e. The molecule has 0 aromatic rings. The third kappa shape index (κ3) is 52.3. The van der Waals surface area contributed by atoms with Gasteiger partial charge < -0.3 is 14.2 Å². The molecular weight excluding hydrogens is 817 g/mol. The topological polar surface area (TPSA) is 78.9 Å². The summed E-state index contributed by atoms with van der Waals surface area (Å²) in [6, 6.07) is 0. The SMILES string of the molecule is CC/C=C\C/C=C\C/C=C\C/C=C\CCCCCCCCC(=O)OC(COC(=O)CCCCCCCC)COC(=O)CCCCCCCCCCCCCCCCCCCCCCCCC. The molecule has 66 heavy (non-hydrogen) atoms. The average Bonchev–Trinajstić information content (AvgIpc) is 3.31.